The number of rotatable bonds is 1. The Morgan fingerprint density at radius 3 is 2.76 bits per heavy atom. The van der Waals surface area contributed by atoms with Gasteiger partial charge >= 0.3 is 5.97 Å². The van der Waals surface area contributed by atoms with Crippen LogP contribution in [0.3, 0.4) is 0 Å². The van der Waals surface area contributed by atoms with Crippen LogP contribution in [0.2, 0.25) is 0 Å². The number of ether oxygens (including phenoxy) is 1. The molecule has 0 saturated carbocycles. The van der Waals surface area contributed by atoms with Crippen molar-refractivity contribution < 1.29 is 14.6 Å². The van der Waals surface area contributed by atoms with Crippen molar-refractivity contribution in [2.24, 2.45) is 0 Å². The molecular weight excluding hydrogens is 218 g/mol. The van der Waals surface area contributed by atoms with Crippen LogP contribution in [0.5, 0.6) is 5.75 Å². The van der Waals surface area contributed by atoms with Gasteiger partial charge < -0.3 is 9.84 Å². The molecule has 4 heteroatoms. The van der Waals surface area contributed by atoms with Crippen LogP contribution in [0.1, 0.15) is 15.9 Å². The van der Waals surface area contributed by atoms with E-state index in [9.17, 15) is 9.90 Å². The number of methoxy groups -OCH3 is 1. The fourth-order valence-electron chi connectivity index (χ4n) is 1.77. The Kier molecular flexibility index (Phi) is 2.67. The number of hydrogen-bond acceptors (Lipinski definition) is 4. The molecule has 0 atom stereocenters. The van der Waals surface area contributed by atoms with E-state index in [0.717, 1.165) is 0 Å². The molecular formula is C13H9NO3. The lowest BCUT2D eigenvalue weighted by molar-refractivity contribution is 0.0602. The molecule has 84 valence electrons. The molecule has 0 aromatic heterocycles. The lowest BCUT2D eigenvalue weighted by atomic mass is 10.1. The Morgan fingerprint density at radius 1 is 1.41 bits per heavy atom. The van der Waals surface area contributed by atoms with Gasteiger partial charge in [-0.05, 0) is 12.1 Å². The van der Waals surface area contributed by atoms with E-state index in [1.165, 1.54) is 19.2 Å². The first-order valence-electron chi connectivity index (χ1n) is 4.92. The summed E-state index contributed by atoms with van der Waals surface area (Å²) in [4.78, 5) is 11.6. The molecule has 0 aromatic carbocycles. The summed E-state index contributed by atoms with van der Waals surface area (Å²) in [5.41, 5.74) is 1.42. The molecule has 2 aliphatic rings. The number of fused-ring (bicyclic) bond motifs is 1. The molecule has 0 amide bonds. The SMILES string of the molecule is COC(=O)c1cc(C#N)c2c(O)ccccc1-2. The van der Waals surface area contributed by atoms with Gasteiger partial charge in [0.1, 0.15) is 5.75 Å². The molecule has 0 aromatic rings. The second kappa shape index (κ2) is 4.14. The van der Waals surface area contributed by atoms with E-state index >= 15 is 0 Å². The van der Waals surface area contributed by atoms with Gasteiger partial charge in [0.2, 0.25) is 0 Å². The predicted molar refractivity (Wildman–Crippen MR) is 60.8 cm³/mol. The third kappa shape index (κ3) is 1.68. The molecule has 2 aliphatic carbocycles. The van der Waals surface area contributed by atoms with Crippen LogP contribution in [-0.4, -0.2) is 18.2 Å². The Morgan fingerprint density at radius 2 is 2.12 bits per heavy atom. The minimum absolute atomic E-state index is 0.0308. The monoisotopic (exact) mass is 227 g/mol. The van der Waals surface area contributed by atoms with E-state index in [-0.39, 0.29) is 16.9 Å². The van der Waals surface area contributed by atoms with Crippen LogP contribution in [0.4, 0.5) is 0 Å². The van der Waals surface area contributed by atoms with Crippen molar-refractivity contribution in [3.05, 3.63) is 41.5 Å². The summed E-state index contributed by atoms with van der Waals surface area (Å²) in [5.74, 6) is -0.557. The third-order valence-corrected chi connectivity index (χ3v) is 2.53. The Balaban J connectivity index is 2.80. The van der Waals surface area contributed by atoms with Crippen molar-refractivity contribution >= 4 is 5.97 Å². The average Bonchev–Trinajstić information content (AvgIpc) is 2.61. The summed E-state index contributed by atoms with van der Waals surface area (Å²) in [6.07, 6.45) is 0. The summed E-state index contributed by atoms with van der Waals surface area (Å²) >= 11 is 0. The Hall–Kier alpha value is -2.54. The van der Waals surface area contributed by atoms with Crippen molar-refractivity contribution in [1.82, 2.24) is 0 Å². The molecule has 0 fully saturated rings. The van der Waals surface area contributed by atoms with Crippen LogP contribution >= 0.6 is 0 Å². The Labute approximate surface area is 98.0 Å². The molecule has 0 spiro atoms. The quantitative estimate of drug-likeness (QED) is 0.758. The number of carbonyl (C=O) groups is 1. The maximum atomic E-state index is 11.6. The van der Waals surface area contributed by atoms with Gasteiger partial charge in [0.05, 0.1) is 24.3 Å². The largest absolute Gasteiger partial charge is 0.507 e. The van der Waals surface area contributed by atoms with Gasteiger partial charge in [0, 0.05) is 11.1 Å². The maximum absolute atomic E-state index is 11.6. The fraction of sp³-hybridized carbons (Fsp3) is 0.0769. The minimum atomic E-state index is -0.526. The third-order valence-electron chi connectivity index (χ3n) is 2.53. The number of nitriles is 1. The van der Waals surface area contributed by atoms with Gasteiger partial charge in [-0.3, -0.25) is 0 Å². The minimum Gasteiger partial charge on any atom is -0.507 e. The van der Waals surface area contributed by atoms with Gasteiger partial charge in [0.25, 0.3) is 0 Å². The number of carbonyl (C=O) groups excluding carboxylic acids is 1. The van der Waals surface area contributed by atoms with Crippen molar-refractivity contribution in [3.63, 3.8) is 0 Å². The summed E-state index contributed by atoms with van der Waals surface area (Å²) in [7, 11) is 1.27. The second-order valence-electron chi connectivity index (χ2n) is 3.47. The summed E-state index contributed by atoms with van der Waals surface area (Å²) < 4.78 is 4.64. The summed E-state index contributed by atoms with van der Waals surface area (Å²) in [6, 6.07) is 9.85. The van der Waals surface area contributed by atoms with Gasteiger partial charge in [0.15, 0.2) is 0 Å². The zero-order valence-corrected chi connectivity index (χ0v) is 9.10. The highest BCUT2D eigenvalue weighted by molar-refractivity contribution is 6.01. The topological polar surface area (TPSA) is 70.3 Å². The molecule has 0 heterocycles. The van der Waals surface area contributed by atoms with Crippen molar-refractivity contribution in [1.29, 1.82) is 5.26 Å². The van der Waals surface area contributed by atoms with E-state index in [4.69, 9.17) is 5.26 Å². The van der Waals surface area contributed by atoms with Crippen molar-refractivity contribution in [3.8, 4) is 22.9 Å². The zero-order valence-electron chi connectivity index (χ0n) is 9.10. The summed E-state index contributed by atoms with van der Waals surface area (Å²) in [6.45, 7) is 0. The van der Waals surface area contributed by atoms with Gasteiger partial charge in [-0.2, -0.15) is 5.26 Å². The van der Waals surface area contributed by atoms with Crippen LogP contribution < -0.4 is 0 Å². The van der Waals surface area contributed by atoms with E-state index in [1.54, 1.807) is 18.2 Å². The highest BCUT2D eigenvalue weighted by Crippen LogP contribution is 2.38. The molecule has 2 rings (SSSR count). The number of hydrogen-bond donors (Lipinski definition) is 1. The van der Waals surface area contributed by atoms with Crippen LogP contribution in [0.25, 0.3) is 11.1 Å². The standard InChI is InChI=1S/C13H9NO3/c1-17-13(16)10-6-8(7-14)12-9(10)4-2-3-5-11(12)15/h2-6,15H,1H3. The van der Waals surface area contributed by atoms with Crippen LogP contribution in [0, 0.1) is 11.3 Å². The molecule has 0 saturated heterocycles. The van der Waals surface area contributed by atoms with Gasteiger partial charge in [-0.25, -0.2) is 4.79 Å². The van der Waals surface area contributed by atoms with Crippen molar-refractivity contribution in [2.75, 3.05) is 7.11 Å². The maximum Gasteiger partial charge on any atom is 0.338 e. The smallest absolute Gasteiger partial charge is 0.338 e. The van der Waals surface area contributed by atoms with E-state index in [0.29, 0.717) is 11.1 Å². The molecule has 0 unspecified atom stereocenters. The van der Waals surface area contributed by atoms with E-state index in [2.05, 4.69) is 4.74 Å². The molecule has 1 N–H and O–H groups in total. The molecule has 0 bridgehead atoms. The first kappa shape index (κ1) is 11.0. The number of aromatic hydroxyl groups is 1. The van der Waals surface area contributed by atoms with Gasteiger partial charge in [-0.1, -0.05) is 18.2 Å². The van der Waals surface area contributed by atoms with Gasteiger partial charge in [-0.15, -0.1) is 0 Å². The lowest BCUT2D eigenvalue weighted by Crippen LogP contribution is -2.00. The first-order chi connectivity index (χ1) is 8.19. The summed E-state index contributed by atoms with van der Waals surface area (Å²) in [5, 5.41) is 18.8. The molecule has 0 aliphatic heterocycles. The van der Waals surface area contributed by atoms with Crippen LogP contribution in [0.15, 0.2) is 30.3 Å². The zero-order chi connectivity index (χ0) is 12.4. The number of nitrogens with zero attached hydrogens (tertiary/aromatic N) is 1. The predicted octanol–water partition coefficient (Wildman–Crippen LogP) is 2.16. The van der Waals surface area contributed by atoms with E-state index in [1.807, 2.05) is 6.07 Å². The molecule has 4 nitrogen and oxygen atoms in total. The normalized spacial score (nSPS) is 9.88. The molecule has 17 heavy (non-hydrogen) atoms. The number of esters is 1. The first-order valence-corrected chi connectivity index (χ1v) is 4.92. The lowest BCUT2D eigenvalue weighted by Gasteiger charge is -2.00. The highest BCUT2D eigenvalue weighted by Gasteiger charge is 2.22. The van der Waals surface area contributed by atoms with E-state index < -0.39 is 5.97 Å². The van der Waals surface area contributed by atoms with Crippen LogP contribution in [-0.2, 0) is 4.74 Å². The van der Waals surface area contributed by atoms with Crippen molar-refractivity contribution in [2.45, 2.75) is 0 Å². The second-order valence-corrected chi connectivity index (χ2v) is 3.47. The molecule has 0 radical (unpaired) electrons. The Bertz CT molecular complexity index is 598. The fourth-order valence-corrected chi connectivity index (χ4v) is 1.77. The average molecular weight is 227 g/mol. The highest BCUT2D eigenvalue weighted by atomic mass is 16.5.